The Labute approximate surface area is 185 Å². The van der Waals surface area contributed by atoms with Crippen molar-refractivity contribution in [2.24, 2.45) is 5.73 Å². The van der Waals surface area contributed by atoms with Crippen molar-refractivity contribution in [3.63, 3.8) is 0 Å². The number of para-hydroxylation sites is 1. The number of imidazole rings is 1. The van der Waals surface area contributed by atoms with Gasteiger partial charge in [0.15, 0.2) is 11.4 Å². The van der Waals surface area contributed by atoms with E-state index in [0.717, 1.165) is 23.2 Å². The third kappa shape index (κ3) is 4.51. The number of carbonyl (C=O) groups is 1. The molecule has 0 unspecified atom stereocenters. The number of nitrogens with two attached hydrogens (primary N) is 1. The van der Waals surface area contributed by atoms with E-state index >= 15 is 0 Å². The monoisotopic (exact) mass is 483 g/mol. The molecule has 0 saturated heterocycles. The molecule has 1 amide bonds. The van der Waals surface area contributed by atoms with E-state index in [1.54, 1.807) is 35.5 Å². The molecule has 5 rings (SSSR count). The Balaban J connectivity index is 0.000000192. The van der Waals surface area contributed by atoms with Gasteiger partial charge in [-0.3, -0.25) is 4.79 Å². The molecule has 0 bridgehead atoms. The summed E-state index contributed by atoms with van der Waals surface area (Å²) in [6.45, 7) is 1.14. The lowest BCUT2D eigenvalue weighted by atomic mass is 10.1. The van der Waals surface area contributed by atoms with Crippen molar-refractivity contribution in [1.29, 1.82) is 0 Å². The van der Waals surface area contributed by atoms with Gasteiger partial charge in [-0.25, -0.2) is 14.4 Å². The van der Waals surface area contributed by atoms with Crippen molar-refractivity contribution >= 4 is 38.4 Å². The maximum Gasteiger partial charge on any atom is 0.257 e. The van der Waals surface area contributed by atoms with Crippen molar-refractivity contribution < 1.29 is 13.6 Å². The number of pyridine rings is 1. The number of carbonyl (C=O) groups excluding carboxylic acids is 1. The van der Waals surface area contributed by atoms with Crippen molar-refractivity contribution in [1.82, 2.24) is 19.9 Å². The van der Waals surface area contributed by atoms with E-state index in [4.69, 9.17) is 10.2 Å². The topological polar surface area (TPSA) is 101 Å². The molecular weight excluding hydrogens is 465 g/mol. The number of amides is 1. The first-order valence-corrected chi connectivity index (χ1v) is 10.3. The van der Waals surface area contributed by atoms with Crippen LogP contribution in [0.25, 0.3) is 16.5 Å². The number of halogens is 2. The lowest BCUT2D eigenvalue weighted by Crippen LogP contribution is -2.36. The van der Waals surface area contributed by atoms with E-state index in [1.807, 2.05) is 12.1 Å². The fourth-order valence-corrected chi connectivity index (χ4v) is 3.68. The number of rotatable bonds is 2. The van der Waals surface area contributed by atoms with Gasteiger partial charge in [-0.2, -0.15) is 0 Å². The smallest absolute Gasteiger partial charge is 0.257 e. The lowest BCUT2D eigenvalue weighted by molar-refractivity contribution is -0.126. The maximum absolute atomic E-state index is 12.7. The third-order valence-electron chi connectivity index (χ3n) is 4.88. The van der Waals surface area contributed by atoms with Crippen LogP contribution in [0.2, 0.25) is 0 Å². The zero-order valence-electron chi connectivity index (χ0n) is 16.4. The Morgan fingerprint density at radius 1 is 1.26 bits per heavy atom. The van der Waals surface area contributed by atoms with Gasteiger partial charge >= 0.3 is 0 Å². The minimum atomic E-state index is -0.303. The van der Waals surface area contributed by atoms with Crippen LogP contribution in [0, 0.1) is 5.82 Å². The Morgan fingerprint density at radius 3 is 2.87 bits per heavy atom. The highest BCUT2D eigenvalue weighted by atomic mass is 79.9. The quantitative estimate of drug-likeness (QED) is 0.331. The second-order valence-electron chi connectivity index (χ2n) is 6.81. The molecule has 0 spiro atoms. The van der Waals surface area contributed by atoms with Gasteiger partial charge in [0, 0.05) is 24.6 Å². The van der Waals surface area contributed by atoms with E-state index in [1.165, 1.54) is 18.5 Å². The van der Waals surface area contributed by atoms with Crippen molar-refractivity contribution in [3.8, 4) is 0 Å². The van der Waals surface area contributed by atoms with Gasteiger partial charge in [0.25, 0.3) is 5.91 Å². The van der Waals surface area contributed by atoms with E-state index in [2.05, 4.69) is 30.9 Å². The first kappa shape index (κ1) is 20.8. The zero-order valence-corrected chi connectivity index (χ0v) is 18.0. The average molecular weight is 484 g/mol. The SMILES string of the molecule is Fc1cccc2ccoc12.N/C=C(/C(=O)N1CCc2nc[nH]c2C1)c1cccc(Br)n1. The van der Waals surface area contributed by atoms with Crippen LogP contribution in [0.15, 0.2) is 70.3 Å². The van der Waals surface area contributed by atoms with Crippen LogP contribution >= 0.6 is 15.9 Å². The number of hydrogen-bond donors (Lipinski definition) is 2. The fraction of sp³-hybridized carbons (Fsp3) is 0.136. The molecule has 9 heteroatoms. The molecule has 3 N–H and O–H groups in total. The van der Waals surface area contributed by atoms with E-state index in [9.17, 15) is 9.18 Å². The number of hydrogen-bond acceptors (Lipinski definition) is 5. The lowest BCUT2D eigenvalue weighted by Gasteiger charge is -2.27. The normalized spacial score (nSPS) is 13.5. The van der Waals surface area contributed by atoms with Crippen molar-refractivity contribution in [2.75, 3.05) is 6.54 Å². The number of aromatic amines is 1. The molecular formula is C22H19BrFN5O2. The summed E-state index contributed by atoms with van der Waals surface area (Å²) in [7, 11) is 0. The number of benzene rings is 1. The molecule has 0 aliphatic carbocycles. The highest BCUT2D eigenvalue weighted by Crippen LogP contribution is 2.21. The molecule has 31 heavy (non-hydrogen) atoms. The number of nitrogens with one attached hydrogen (secondary N) is 1. The molecule has 1 aliphatic heterocycles. The van der Waals surface area contributed by atoms with E-state index in [-0.39, 0.29) is 11.7 Å². The molecule has 0 saturated carbocycles. The van der Waals surface area contributed by atoms with Gasteiger partial charge in [0.1, 0.15) is 4.60 Å². The molecule has 1 aliphatic rings. The Kier molecular flexibility index (Phi) is 6.13. The summed E-state index contributed by atoms with van der Waals surface area (Å²) < 4.78 is 18.3. The number of nitrogens with zero attached hydrogens (tertiary/aromatic N) is 3. The molecule has 158 valence electrons. The number of fused-ring (bicyclic) bond motifs is 2. The summed E-state index contributed by atoms with van der Waals surface area (Å²) in [5, 5.41) is 0.806. The molecule has 0 fully saturated rings. The highest BCUT2D eigenvalue weighted by molar-refractivity contribution is 9.10. The highest BCUT2D eigenvalue weighted by Gasteiger charge is 2.25. The largest absolute Gasteiger partial charge is 0.461 e. The van der Waals surface area contributed by atoms with Crippen LogP contribution in [-0.2, 0) is 17.8 Å². The minimum Gasteiger partial charge on any atom is -0.461 e. The van der Waals surface area contributed by atoms with Crippen LogP contribution in [0.5, 0.6) is 0 Å². The Bertz CT molecular complexity index is 1250. The van der Waals surface area contributed by atoms with Crippen LogP contribution in [0.1, 0.15) is 17.1 Å². The molecule has 1 aromatic carbocycles. The molecule has 7 nitrogen and oxygen atoms in total. The van der Waals surface area contributed by atoms with Crippen molar-refractivity contribution in [2.45, 2.75) is 13.0 Å². The van der Waals surface area contributed by atoms with Gasteiger partial charge in [-0.05, 0) is 40.2 Å². The predicted molar refractivity (Wildman–Crippen MR) is 118 cm³/mol. The zero-order chi connectivity index (χ0) is 21.8. The van der Waals surface area contributed by atoms with Gasteiger partial charge in [0.2, 0.25) is 0 Å². The van der Waals surface area contributed by atoms with Crippen LogP contribution < -0.4 is 5.73 Å². The summed E-state index contributed by atoms with van der Waals surface area (Å²) in [6, 6.07) is 12.0. The van der Waals surface area contributed by atoms with Gasteiger partial charge < -0.3 is 20.0 Å². The number of furan rings is 1. The van der Waals surface area contributed by atoms with Gasteiger partial charge in [0.05, 0.1) is 41.8 Å². The average Bonchev–Trinajstić information content (AvgIpc) is 3.44. The first-order valence-electron chi connectivity index (χ1n) is 9.53. The van der Waals surface area contributed by atoms with Gasteiger partial charge in [-0.15, -0.1) is 0 Å². The first-order chi connectivity index (χ1) is 15.1. The van der Waals surface area contributed by atoms with Crippen LogP contribution in [0.4, 0.5) is 4.39 Å². The van der Waals surface area contributed by atoms with E-state index < -0.39 is 0 Å². The summed E-state index contributed by atoms with van der Waals surface area (Å²) >= 11 is 3.30. The van der Waals surface area contributed by atoms with Crippen LogP contribution in [0.3, 0.4) is 0 Å². The second-order valence-corrected chi connectivity index (χ2v) is 7.62. The third-order valence-corrected chi connectivity index (χ3v) is 5.32. The van der Waals surface area contributed by atoms with Crippen LogP contribution in [-0.4, -0.2) is 32.3 Å². The Morgan fingerprint density at radius 2 is 2.10 bits per heavy atom. The summed E-state index contributed by atoms with van der Waals surface area (Å²) in [5.74, 6) is -0.425. The van der Waals surface area contributed by atoms with Crippen molar-refractivity contribution in [3.05, 3.63) is 88.8 Å². The second kappa shape index (κ2) is 9.13. The molecule has 4 aromatic rings. The minimum absolute atomic E-state index is 0.122. The predicted octanol–water partition coefficient (Wildman–Crippen LogP) is 4.02. The molecule has 4 heterocycles. The van der Waals surface area contributed by atoms with E-state index in [0.29, 0.717) is 34.5 Å². The summed E-state index contributed by atoms with van der Waals surface area (Å²) in [5.41, 5.74) is 8.96. The molecule has 0 atom stereocenters. The van der Waals surface area contributed by atoms with Gasteiger partial charge in [-0.1, -0.05) is 18.2 Å². The maximum atomic E-state index is 12.7. The molecule has 0 radical (unpaired) electrons. The number of aromatic nitrogens is 3. The number of H-pyrrole nitrogens is 1. The summed E-state index contributed by atoms with van der Waals surface area (Å²) in [4.78, 5) is 26.0. The standard InChI is InChI=1S/C14H14BrN5O.C8H5FO/c15-13-3-1-2-10(19-13)9(6-16)14(21)20-5-4-11-12(7-20)18-8-17-11;9-7-3-1-2-6-4-5-10-8(6)7/h1-3,6,8H,4-5,7,16H2,(H,17,18);1-5H/b9-6+;. The Hall–Kier alpha value is -3.46. The fourth-order valence-electron chi connectivity index (χ4n) is 3.34. The molecule has 3 aromatic heterocycles. The summed E-state index contributed by atoms with van der Waals surface area (Å²) in [6.07, 6.45) is 5.20.